The third-order valence-electron chi connectivity index (χ3n) is 2.62. The van der Waals surface area contributed by atoms with Crippen LogP contribution in [0.3, 0.4) is 0 Å². The lowest BCUT2D eigenvalue weighted by Crippen LogP contribution is -2.26. The van der Waals surface area contributed by atoms with Crippen LogP contribution < -0.4 is 0 Å². The van der Waals surface area contributed by atoms with E-state index in [1.165, 1.54) is 15.6 Å². The second-order valence-corrected chi connectivity index (χ2v) is 8.72. The first kappa shape index (κ1) is 14.7. The lowest BCUT2D eigenvalue weighted by molar-refractivity contribution is 0.460. The normalized spacial score (nSPS) is 12.2. The van der Waals surface area contributed by atoms with E-state index in [1.807, 2.05) is 19.2 Å². The monoisotopic (exact) mass is 363 g/mol. The summed E-state index contributed by atoms with van der Waals surface area (Å²) in [6.07, 6.45) is 1.84. The second-order valence-electron chi connectivity index (χ2n) is 3.98. The quantitative estimate of drug-likeness (QED) is 0.819. The molecule has 0 saturated heterocycles. The van der Waals surface area contributed by atoms with Gasteiger partial charge < -0.3 is 0 Å². The van der Waals surface area contributed by atoms with Crippen LogP contribution in [0.4, 0.5) is 0 Å². The Balaban J connectivity index is 2.17. The first-order chi connectivity index (χ1) is 8.93. The van der Waals surface area contributed by atoms with Gasteiger partial charge in [0, 0.05) is 19.8 Å². The number of nitrogens with zero attached hydrogens (tertiary/aromatic N) is 3. The van der Waals surface area contributed by atoms with E-state index in [1.54, 1.807) is 23.9 Å². The predicted octanol–water partition coefficient (Wildman–Crippen LogP) is 2.55. The Morgan fingerprint density at radius 2 is 2.16 bits per heavy atom. The van der Waals surface area contributed by atoms with Crippen molar-refractivity contribution in [2.75, 3.05) is 7.05 Å². The van der Waals surface area contributed by atoms with E-state index < -0.39 is 10.0 Å². The van der Waals surface area contributed by atoms with Gasteiger partial charge in [0.15, 0.2) is 0 Å². The highest BCUT2D eigenvalue weighted by molar-refractivity contribution is 9.11. The fourth-order valence-electron chi connectivity index (χ4n) is 1.57. The van der Waals surface area contributed by atoms with E-state index in [4.69, 9.17) is 0 Å². The largest absolute Gasteiger partial charge is 0.273 e. The van der Waals surface area contributed by atoms with Crippen LogP contribution in [0.15, 0.2) is 32.4 Å². The van der Waals surface area contributed by atoms with Gasteiger partial charge in [-0.1, -0.05) is 0 Å². The van der Waals surface area contributed by atoms with Gasteiger partial charge in [0.2, 0.25) is 0 Å². The van der Waals surface area contributed by atoms with Gasteiger partial charge in [-0.25, -0.2) is 8.42 Å². The second kappa shape index (κ2) is 5.74. The van der Waals surface area contributed by atoms with Crippen molar-refractivity contribution >= 4 is 37.3 Å². The van der Waals surface area contributed by atoms with Gasteiger partial charge in [-0.2, -0.15) is 9.40 Å². The topological polar surface area (TPSA) is 55.2 Å². The molecule has 2 aromatic rings. The highest BCUT2D eigenvalue weighted by atomic mass is 79.9. The van der Waals surface area contributed by atoms with Crippen LogP contribution >= 0.6 is 27.3 Å². The number of hydrogen-bond donors (Lipinski definition) is 0. The van der Waals surface area contributed by atoms with Crippen molar-refractivity contribution in [3.63, 3.8) is 0 Å². The van der Waals surface area contributed by atoms with Crippen molar-refractivity contribution in [2.24, 2.45) is 0 Å². The van der Waals surface area contributed by atoms with E-state index in [0.717, 1.165) is 16.0 Å². The molecule has 0 atom stereocenters. The van der Waals surface area contributed by atoms with Crippen molar-refractivity contribution in [1.82, 2.24) is 14.1 Å². The maximum Gasteiger partial charge on any atom is 0.252 e. The number of halogens is 1. The number of aryl methyl sites for hydroxylation is 1. The average Bonchev–Trinajstić information content (AvgIpc) is 2.98. The van der Waals surface area contributed by atoms with E-state index in [2.05, 4.69) is 21.0 Å². The summed E-state index contributed by atoms with van der Waals surface area (Å²) in [5.41, 5.74) is 0.739. The van der Waals surface area contributed by atoms with Gasteiger partial charge in [0.05, 0.1) is 16.0 Å². The fraction of sp³-hybridized carbons (Fsp3) is 0.364. The zero-order chi connectivity index (χ0) is 14.0. The standard InChI is InChI=1S/C11H14BrN3O2S2/c1-3-15-7-6-9(13-15)8-14(2)19(16,17)11-5-4-10(12)18-11/h4-7H,3,8H2,1-2H3. The molecule has 0 aromatic carbocycles. The predicted molar refractivity (Wildman–Crippen MR) is 78.6 cm³/mol. The van der Waals surface area contributed by atoms with Crippen molar-refractivity contribution < 1.29 is 8.42 Å². The van der Waals surface area contributed by atoms with Gasteiger partial charge in [0.1, 0.15) is 4.21 Å². The molecule has 0 unspecified atom stereocenters. The molecule has 0 amide bonds. The van der Waals surface area contributed by atoms with Crippen LogP contribution in [0.5, 0.6) is 0 Å². The van der Waals surface area contributed by atoms with Gasteiger partial charge in [-0.15, -0.1) is 11.3 Å². The third-order valence-corrected chi connectivity index (χ3v) is 6.51. The minimum absolute atomic E-state index is 0.269. The van der Waals surface area contributed by atoms with Gasteiger partial charge in [-0.3, -0.25) is 4.68 Å². The lowest BCUT2D eigenvalue weighted by Gasteiger charge is -2.14. The molecule has 2 heterocycles. The summed E-state index contributed by atoms with van der Waals surface area (Å²) >= 11 is 4.48. The van der Waals surface area contributed by atoms with Crippen LogP contribution in [0.2, 0.25) is 0 Å². The molecule has 0 radical (unpaired) electrons. The summed E-state index contributed by atoms with van der Waals surface area (Å²) in [6, 6.07) is 5.17. The summed E-state index contributed by atoms with van der Waals surface area (Å²) in [5, 5.41) is 4.29. The van der Waals surface area contributed by atoms with E-state index in [0.29, 0.717) is 4.21 Å². The van der Waals surface area contributed by atoms with E-state index in [-0.39, 0.29) is 6.54 Å². The van der Waals surface area contributed by atoms with E-state index >= 15 is 0 Å². The molecule has 0 saturated carbocycles. The molecule has 104 valence electrons. The summed E-state index contributed by atoms with van der Waals surface area (Å²) in [4.78, 5) is 0. The average molecular weight is 364 g/mol. The molecule has 8 heteroatoms. The molecule has 0 N–H and O–H groups in total. The number of sulfonamides is 1. The van der Waals surface area contributed by atoms with Crippen molar-refractivity contribution in [3.8, 4) is 0 Å². The molecule has 0 aliphatic rings. The number of thiophene rings is 1. The summed E-state index contributed by atoms with van der Waals surface area (Å²) in [6.45, 7) is 3.03. The maximum atomic E-state index is 12.3. The van der Waals surface area contributed by atoms with Crippen molar-refractivity contribution in [2.45, 2.75) is 24.2 Å². The molecule has 0 spiro atoms. The zero-order valence-electron chi connectivity index (χ0n) is 10.6. The van der Waals surface area contributed by atoms with Gasteiger partial charge >= 0.3 is 0 Å². The highest BCUT2D eigenvalue weighted by Crippen LogP contribution is 2.28. The maximum absolute atomic E-state index is 12.3. The van der Waals surface area contributed by atoms with Crippen molar-refractivity contribution in [1.29, 1.82) is 0 Å². The third kappa shape index (κ3) is 3.25. The number of rotatable bonds is 5. The summed E-state index contributed by atoms with van der Waals surface area (Å²) < 4.78 is 28.8. The first-order valence-corrected chi connectivity index (χ1v) is 8.72. The molecule has 2 aromatic heterocycles. The molecular formula is C11H14BrN3O2S2. The van der Waals surface area contributed by atoms with Crippen molar-refractivity contribution in [3.05, 3.63) is 33.9 Å². The number of hydrogen-bond acceptors (Lipinski definition) is 4. The Morgan fingerprint density at radius 1 is 1.42 bits per heavy atom. The SMILES string of the molecule is CCn1ccc(CN(C)S(=O)(=O)c2ccc(Br)s2)n1. The van der Waals surface area contributed by atoms with Crippen LogP contribution in [-0.4, -0.2) is 29.6 Å². The molecule has 0 aliphatic carbocycles. The Bertz CT molecular complexity index is 663. The molecule has 0 aliphatic heterocycles. The van der Waals surface area contributed by atoms with Crippen LogP contribution in [0, 0.1) is 0 Å². The van der Waals surface area contributed by atoms with Crippen LogP contribution in [0.25, 0.3) is 0 Å². The highest BCUT2D eigenvalue weighted by Gasteiger charge is 2.23. The fourth-order valence-corrected chi connectivity index (χ4v) is 4.93. The molecular weight excluding hydrogens is 350 g/mol. The molecule has 0 fully saturated rings. The first-order valence-electron chi connectivity index (χ1n) is 5.67. The summed E-state index contributed by atoms with van der Waals surface area (Å²) in [7, 11) is -1.88. The minimum atomic E-state index is -3.44. The molecule has 5 nitrogen and oxygen atoms in total. The Hall–Kier alpha value is -0.700. The molecule has 2 rings (SSSR count). The lowest BCUT2D eigenvalue weighted by atomic mass is 10.4. The summed E-state index contributed by atoms with van der Waals surface area (Å²) in [5.74, 6) is 0. The van der Waals surface area contributed by atoms with Crippen LogP contribution in [-0.2, 0) is 23.1 Å². The zero-order valence-corrected chi connectivity index (χ0v) is 13.8. The Morgan fingerprint density at radius 3 is 2.68 bits per heavy atom. The van der Waals surface area contributed by atoms with Gasteiger partial charge in [0.25, 0.3) is 10.0 Å². The van der Waals surface area contributed by atoms with E-state index in [9.17, 15) is 8.42 Å². The molecule has 0 bridgehead atoms. The number of aromatic nitrogens is 2. The Labute approximate surface area is 125 Å². The van der Waals surface area contributed by atoms with Gasteiger partial charge in [-0.05, 0) is 41.1 Å². The minimum Gasteiger partial charge on any atom is -0.273 e. The smallest absolute Gasteiger partial charge is 0.252 e. The van der Waals surface area contributed by atoms with Crippen LogP contribution in [0.1, 0.15) is 12.6 Å². The Kier molecular flexibility index (Phi) is 4.44. The molecule has 19 heavy (non-hydrogen) atoms.